The number of nitrogens with one attached hydrogen (secondary N) is 3. The fourth-order valence-corrected chi connectivity index (χ4v) is 14.0. The standard InChI is InChI=1S/C57H88N4O15/c1-8-47(65)61-48(29(2)3)56(67)60-39(13-11-9-10-12-14-46(58)64)55(66)59-28-34(63)25-44-49(68-7)38-24-33(62)23-36-16-18-41-50(71-36)54-53-52(73-41)51-45(74-53)27-57(75-51,76-54)20-19-37-22-31(5)40(69-37)17-15-35-21-30(4)32(6)42(70-35)26-43(38)72-44/h29-30,34-45,48-54,63H,5-6,8-28H2,1-4,7H3,(H2,58,64)(H,59,66)(H,60,67)(H,61,65)/t30-,34+,35+,36-,37+,38+,39+,40+,41+,42-,43+,44-,45?,48+,49-,50+,51+,52?,53?,54+,57+/m1/s1. The summed E-state index contributed by atoms with van der Waals surface area (Å²) >= 11 is 0. The Morgan fingerprint density at radius 1 is 0.776 bits per heavy atom. The summed E-state index contributed by atoms with van der Waals surface area (Å²) in [6, 6.07) is -1.81. The molecule has 0 aliphatic carbocycles. The number of ketones is 1. The second kappa shape index (κ2) is 25.0. The topological polar surface area (TPSA) is 251 Å². The van der Waals surface area contributed by atoms with Crippen molar-refractivity contribution in [2.24, 2.45) is 23.5 Å². The number of unbranched alkanes of at least 4 members (excludes halogenated alkanes) is 3. The van der Waals surface area contributed by atoms with E-state index >= 15 is 0 Å². The van der Waals surface area contributed by atoms with Crippen molar-refractivity contribution < 1.29 is 71.7 Å². The molecule has 10 aliphatic rings. The third-order valence-corrected chi connectivity index (χ3v) is 18.1. The van der Waals surface area contributed by atoms with Gasteiger partial charge in [0.1, 0.15) is 48.4 Å². The fraction of sp³-hybridized carbons (Fsp3) is 0.842. The number of carbonyl (C=O) groups is 5. The molecular weight excluding hydrogens is 981 g/mol. The first-order valence-corrected chi connectivity index (χ1v) is 28.9. The Bertz CT molecular complexity index is 2110. The largest absolute Gasteiger partial charge is 0.391 e. The van der Waals surface area contributed by atoms with E-state index in [4.69, 9.17) is 48.4 Å². The summed E-state index contributed by atoms with van der Waals surface area (Å²) in [5, 5.41) is 20.2. The van der Waals surface area contributed by atoms with Gasteiger partial charge in [0.15, 0.2) is 5.79 Å². The van der Waals surface area contributed by atoms with E-state index in [9.17, 15) is 29.1 Å². The van der Waals surface area contributed by atoms with Crippen molar-refractivity contribution in [3.05, 3.63) is 24.3 Å². The van der Waals surface area contributed by atoms with E-state index in [1.54, 1.807) is 14.0 Å². The van der Waals surface area contributed by atoms with Crippen LogP contribution in [0.2, 0.25) is 0 Å². The van der Waals surface area contributed by atoms with Gasteiger partial charge in [0.05, 0.1) is 67.1 Å². The van der Waals surface area contributed by atoms with Gasteiger partial charge in [0.25, 0.3) is 0 Å². The van der Waals surface area contributed by atoms with Gasteiger partial charge in [-0.25, -0.2) is 0 Å². The number of primary amides is 1. The molecule has 10 rings (SSSR count). The van der Waals surface area contributed by atoms with Gasteiger partial charge in [-0.3, -0.25) is 24.0 Å². The molecule has 10 fully saturated rings. The molecule has 426 valence electrons. The molecule has 21 atom stereocenters. The second-order valence-electron chi connectivity index (χ2n) is 24.1. The molecular formula is C57H88N4O15. The molecule has 0 saturated carbocycles. The third-order valence-electron chi connectivity index (χ3n) is 18.1. The number of methoxy groups -OCH3 is 1. The van der Waals surface area contributed by atoms with Gasteiger partial charge < -0.3 is 69.4 Å². The van der Waals surface area contributed by atoms with Crippen LogP contribution in [0.4, 0.5) is 0 Å². The van der Waals surface area contributed by atoms with E-state index < -0.39 is 72.2 Å². The Morgan fingerprint density at radius 3 is 2.26 bits per heavy atom. The number of aliphatic hydroxyl groups excluding tert-OH is 1. The highest BCUT2D eigenvalue weighted by Gasteiger charge is 2.69. The van der Waals surface area contributed by atoms with Crippen molar-refractivity contribution in [1.82, 2.24) is 16.0 Å². The minimum Gasteiger partial charge on any atom is -0.391 e. The van der Waals surface area contributed by atoms with Crippen LogP contribution in [0.15, 0.2) is 24.3 Å². The lowest BCUT2D eigenvalue weighted by molar-refractivity contribution is -0.292. The highest BCUT2D eigenvalue weighted by Crippen LogP contribution is 2.54. The number of aliphatic hydroxyl groups is 1. The molecule has 6 N–H and O–H groups in total. The van der Waals surface area contributed by atoms with E-state index in [0.717, 1.165) is 49.7 Å². The molecule has 0 aromatic carbocycles. The van der Waals surface area contributed by atoms with Gasteiger partial charge >= 0.3 is 0 Å². The van der Waals surface area contributed by atoms with E-state index in [2.05, 4.69) is 36.0 Å². The molecule has 10 saturated heterocycles. The highest BCUT2D eigenvalue weighted by atomic mass is 16.8. The van der Waals surface area contributed by atoms with Crippen LogP contribution in [0.3, 0.4) is 0 Å². The van der Waals surface area contributed by atoms with Gasteiger partial charge in [-0.15, -0.1) is 0 Å². The number of carbonyl (C=O) groups excluding carboxylic acids is 5. The molecule has 4 amide bonds. The van der Waals surface area contributed by atoms with Crippen LogP contribution >= 0.6 is 0 Å². The Balaban J connectivity index is 0.895. The Morgan fingerprint density at radius 2 is 1.50 bits per heavy atom. The smallest absolute Gasteiger partial charge is 0.243 e. The zero-order valence-electron chi connectivity index (χ0n) is 45.6. The first-order valence-electron chi connectivity index (χ1n) is 28.9. The van der Waals surface area contributed by atoms with Crippen LogP contribution in [-0.4, -0.2) is 164 Å². The van der Waals surface area contributed by atoms with E-state index in [1.165, 1.54) is 0 Å². The fourth-order valence-electron chi connectivity index (χ4n) is 14.0. The minimum absolute atomic E-state index is 0.00981. The van der Waals surface area contributed by atoms with Gasteiger partial charge in [-0.05, 0) is 80.8 Å². The number of nitrogens with two attached hydrogens (primary N) is 1. The Hall–Kier alpha value is -3.37. The average molecular weight is 1070 g/mol. The van der Waals surface area contributed by atoms with Crippen LogP contribution < -0.4 is 21.7 Å². The second-order valence-corrected chi connectivity index (χ2v) is 24.1. The number of hydrogen-bond acceptors (Lipinski definition) is 15. The minimum atomic E-state index is -1.09. The van der Waals surface area contributed by atoms with Crippen LogP contribution in [0.1, 0.15) is 156 Å². The first kappa shape index (κ1) is 57.3. The highest BCUT2D eigenvalue weighted by molar-refractivity contribution is 5.92. The average Bonchev–Trinajstić information content (AvgIpc) is 4.15. The number of amides is 4. The lowest BCUT2D eigenvalue weighted by Gasteiger charge is -2.47. The quantitative estimate of drug-likeness (QED) is 0.0940. The van der Waals surface area contributed by atoms with Crippen LogP contribution in [0.25, 0.3) is 0 Å². The summed E-state index contributed by atoms with van der Waals surface area (Å²) in [5.41, 5.74) is 7.39. The van der Waals surface area contributed by atoms with Gasteiger partial charge in [-0.1, -0.05) is 60.1 Å². The molecule has 10 aliphatic heterocycles. The van der Waals surface area contributed by atoms with E-state index in [0.29, 0.717) is 57.8 Å². The maximum atomic E-state index is 14.5. The van der Waals surface area contributed by atoms with Gasteiger partial charge in [0.2, 0.25) is 23.6 Å². The Kier molecular flexibility index (Phi) is 18.8. The SMILES string of the molecule is C=C1C[C@@H]2CC[C@@]34CC5OC6C(O[C@H]7CC[C@H](CC(=O)C[C@@H]8[C@@H](OC)[C@@H](C[C@H](O)CNC(=O)[C@H](CCCCCCC(N)=O)NC(=O)[C@@H](NC(=O)CC)C(C)C)O[C@H]8C[C@H]8O[C@@H](CC[C@@H]1O2)C[C@@H](C)C8=C)O[C@@H]7[C@@H]6O3)[C@H]5O4. The molecule has 19 heteroatoms. The van der Waals surface area contributed by atoms with Crippen molar-refractivity contribution in [3.63, 3.8) is 0 Å². The van der Waals surface area contributed by atoms with Crippen molar-refractivity contribution >= 4 is 29.4 Å². The van der Waals surface area contributed by atoms with Crippen molar-refractivity contribution in [2.45, 2.75) is 272 Å². The zero-order chi connectivity index (χ0) is 54.0. The maximum absolute atomic E-state index is 14.5. The summed E-state index contributed by atoms with van der Waals surface area (Å²) in [6.07, 6.45) is 5.10. The van der Waals surface area contributed by atoms with Crippen molar-refractivity contribution in [2.75, 3.05) is 13.7 Å². The summed E-state index contributed by atoms with van der Waals surface area (Å²) in [4.78, 5) is 65.7. The maximum Gasteiger partial charge on any atom is 0.243 e. The predicted octanol–water partition coefficient (Wildman–Crippen LogP) is 4.46. The summed E-state index contributed by atoms with van der Waals surface area (Å²) in [5.74, 6) is -2.92. The van der Waals surface area contributed by atoms with Crippen LogP contribution in [0, 0.1) is 17.8 Å². The van der Waals surface area contributed by atoms with E-state index in [-0.39, 0.29) is 129 Å². The lowest BCUT2D eigenvalue weighted by atomic mass is 9.81. The predicted molar refractivity (Wildman–Crippen MR) is 276 cm³/mol. The third kappa shape index (κ3) is 13.1. The van der Waals surface area contributed by atoms with Crippen molar-refractivity contribution in [1.29, 1.82) is 0 Å². The molecule has 0 aromatic heterocycles. The lowest BCUT2D eigenvalue weighted by Crippen LogP contribution is -2.61. The van der Waals surface area contributed by atoms with E-state index in [1.807, 2.05) is 13.8 Å². The Labute approximate surface area is 448 Å². The summed E-state index contributed by atoms with van der Waals surface area (Å²) in [6.45, 7) is 16.4. The zero-order valence-corrected chi connectivity index (χ0v) is 45.6. The van der Waals surface area contributed by atoms with Crippen LogP contribution in [-0.2, 0) is 66.6 Å². The molecule has 76 heavy (non-hydrogen) atoms. The van der Waals surface area contributed by atoms with Gasteiger partial charge in [0, 0.05) is 70.9 Å². The monoisotopic (exact) mass is 1070 g/mol. The molecule has 10 heterocycles. The molecule has 12 bridgehead atoms. The molecule has 1 spiro atoms. The number of fused-ring (bicyclic) bond motifs is 6. The summed E-state index contributed by atoms with van der Waals surface area (Å²) in [7, 11) is 1.60. The summed E-state index contributed by atoms with van der Waals surface area (Å²) < 4.78 is 60.9. The molecule has 19 nitrogen and oxygen atoms in total. The van der Waals surface area contributed by atoms with Crippen LogP contribution in [0.5, 0.6) is 0 Å². The number of hydrogen-bond donors (Lipinski definition) is 5. The number of rotatable bonds is 18. The van der Waals surface area contributed by atoms with Crippen molar-refractivity contribution in [3.8, 4) is 0 Å². The van der Waals surface area contributed by atoms with Gasteiger partial charge in [-0.2, -0.15) is 0 Å². The number of Topliss-reactive ketones (excluding diaryl/α,β-unsaturated/α-hetero) is 1. The normalized spacial score (nSPS) is 40.2. The first-order chi connectivity index (χ1) is 36.4. The molecule has 0 radical (unpaired) electrons. The molecule has 0 aromatic rings. The molecule has 3 unspecified atom stereocenters. The number of ether oxygens (including phenoxy) is 9.